The van der Waals surface area contributed by atoms with Crippen molar-refractivity contribution in [3.8, 4) is 5.75 Å². The fraction of sp³-hybridized carbons (Fsp3) is 0.300. The van der Waals surface area contributed by atoms with Gasteiger partial charge in [0.25, 0.3) is 0 Å². The monoisotopic (exact) mass is 198 g/mol. The SMILES string of the molecule is CC(=O)c1cc(C)c(C)c(Cl)c1O. The Hall–Kier alpha value is -1.02. The van der Waals surface area contributed by atoms with Crippen LogP contribution >= 0.6 is 11.6 Å². The van der Waals surface area contributed by atoms with E-state index < -0.39 is 0 Å². The van der Waals surface area contributed by atoms with Crippen LogP contribution < -0.4 is 0 Å². The second kappa shape index (κ2) is 3.38. The quantitative estimate of drug-likeness (QED) is 0.705. The molecule has 1 rings (SSSR count). The molecule has 13 heavy (non-hydrogen) atoms. The summed E-state index contributed by atoms with van der Waals surface area (Å²) >= 11 is 5.83. The van der Waals surface area contributed by atoms with Crippen LogP contribution in [0.15, 0.2) is 6.07 Å². The van der Waals surface area contributed by atoms with E-state index in [1.807, 2.05) is 6.92 Å². The van der Waals surface area contributed by atoms with Crippen LogP contribution in [0, 0.1) is 13.8 Å². The van der Waals surface area contributed by atoms with Gasteiger partial charge in [-0.15, -0.1) is 0 Å². The van der Waals surface area contributed by atoms with E-state index in [9.17, 15) is 9.90 Å². The van der Waals surface area contributed by atoms with Gasteiger partial charge in [0.15, 0.2) is 5.78 Å². The number of ketones is 1. The number of carbonyl (C=O) groups excluding carboxylic acids is 1. The summed E-state index contributed by atoms with van der Waals surface area (Å²) in [6, 6.07) is 1.65. The number of Topliss-reactive ketones (excluding diaryl/α,β-unsaturated/α-hetero) is 1. The van der Waals surface area contributed by atoms with Gasteiger partial charge in [-0.05, 0) is 38.0 Å². The van der Waals surface area contributed by atoms with E-state index >= 15 is 0 Å². The molecule has 1 aromatic rings. The number of rotatable bonds is 1. The minimum atomic E-state index is -0.178. The van der Waals surface area contributed by atoms with E-state index in [1.54, 1.807) is 13.0 Å². The number of hydrogen-bond donors (Lipinski definition) is 1. The third-order valence-corrected chi connectivity index (χ3v) is 2.59. The summed E-state index contributed by atoms with van der Waals surface area (Å²) in [5.41, 5.74) is 2.00. The van der Waals surface area contributed by atoms with Crippen molar-refractivity contribution >= 4 is 17.4 Å². The number of benzene rings is 1. The first kappa shape index (κ1) is 10.1. The Morgan fingerprint density at radius 1 is 1.46 bits per heavy atom. The molecule has 0 aliphatic rings. The van der Waals surface area contributed by atoms with Crippen molar-refractivity contribution in [3.05, 3.63) is 27.8 Å². The standard InChI is InChI=1S/C10H11ClO2/c1-5-4-8(7(3)12)10(13)9(11)6(5)2/h4,13H,1-3H3. The molecule has 0 spiro atoms. The van der Waals surface area contributed by atoms with Gasteiger partial charge >= 0.3 is 0 Å². The van der Waals surface area contributed by atoms with E-state index in [2.05, 4.69) is 0 Å². The molecule has 0 amide bonds. The summed E-state index contributed by atoms with van der Waals surface area (Å²) in [6.45, 7) is 5.06. The highest BCUT2D eigenvalue weighted by molar-refractivity contribution is 6.33. The van der Waals surface area contributed by atoms with E-state index in [0.717, 1.165) is 11.1 Å². The van der Waals surface area contributed by atoms with Crippen molar-refractivity contribution in [1.29, 1.82) is 0 Å². The van der Waals surface area contributed by atoms with Gasteiger partial charge in [-0.2, -0.15) is 0 Å². The summed E-state index contributed by atoms with van der Waals surface area (Å²) < 4.78 is 0. The number of phenolic OH excluding ortho intramolecular Hbond substituents is 1. The fourth-order valence-electron chi connectivity index (χ4n) is 1.13. The summed E-state index contributed by atoms with van der Waals surface area (Å²) in [5, 5.41) is 9.79. The molecule has 0 aliphatic carbocycles. The van der Waals surface area contributed by atoms with Crippen LogP contribution in [0.2, 0.25) is 5.02 Å². The van der Waals surface area contributed by atoms with Crippen LogP contribution in [-0.2, 0) is 0 Å². The highest BCUT2D eigenvalue weighted by atomic mass is 35.5. The van der Waals surface area contributed by atoms with Crippen molar-refractivity contribution < 1.29 is 9.90 Å². The molecule has 0 bridgehead atoms. The van der Waals surface area contributed by atoms with Crippen LogP contribution in [0.25, 0.3) is 0 Å². The maximum Gasteiger partial charge on any atom is 0.163 e. The number of aryl methyl sites for hydroxylation is 1. The molecule has 70 valence electrons. The predicted octanol–water partition coefficient (Wildman–Crippen LogP) is 2.87. The van der Waals surface area contributed by atoms with E-state index in [4.69, 9.17) is 11.6 Å². The summed E-state index contributed by atoms with van der Waals surface area (Å²) in [7, 11) is 0. The van der Waals surface area contributed by atoms with Crippen LogP contribution in [0.3, 0.4) is 0 Å². The zero-order valence-corrected chi connectivity index (χ0v) is 8.57. The van der Waals surface area contributed by atoms with E-state index in [-0.39, 0.29) is 22.1 Å². The normalized spacial score (nSPS) is 10.2. The molecule has 0 aliphatic heterocycles. The molecule has 0 saturated heterocycles. The van der Waals surface area contributed by atoms with Crippen LogP contribution in [0.1, 0.15) is 28.4 Å². The molecule has 0 radical (unpaired) electrons. The van der Waals surface area contributed by atoms with Gasteiger partial charge in [0.2, 0.25) is 0 Å². The number of aromatic hydroxyl groups is 1. The first-order valence-electron chi connectivity index (χ1n) is 3.94. The van der Waals surface area contributed by atoms with Crippen LogP contribution in [-0.4, -0.2) is 10.9 Å². The van der Waals surface area contributed by atoms with Gasteiger partial charge in [-0.25, -0.2) is 0 Å². The highest BCUT2D eigenvalue weighted by Gasteiger charge is 2.13. The number of halogens is 1. The Balaban J connectivity index is 3.50. The Labute approximate surface area is 82.2 Å². The summed E-state index contributed by atoms with van der Waals surface area (Å²) in [4.78, 5) is 11.1. The van der Waals surface area contributed by atoms with Gasteiger partial charge in [-0.1, -0.05) is 11.6 Å². The molecule has 0 heterocycles. The molecular formula is C10H11ClO2. The van der Waals surface area contributed by atoms with Crippen LogP contribution in [0.4, 0.5) is 0 Å². The Kier molecular flexibility index (Phi) is 2.62. The number of carbonyl (C=O) groups is 1. The molecule has 1 aromatic carbocycles. The number of phenols is 1. The third kappa shape index (κ3) is 1.68. The average Bonchev–Trinajstić information content (AvgIpc) is 2.07. The summed E-state index contributed by atoms with van der Waals surface area (Å²) in [6.07, 6.45) is 0. The van der Waals surface area contributed by atoms with Crippen molar-refractivity contribution in [2.75, 3.05) is 0 Å². The minimum absolute atomic E-state index is 0.114. The van der Waals surface area contributed by atoms with Crippen molar-refractivity contribution in [2.45, 2.75) is 20.8 Å². The molecule has 0 unspecified atom stereocenters. The van der Waals surface area contributed by atoms with Crippen molar-refractivity contribution in [3.63, 3.8) is 0 Å². The zero-order valence-electron chi connectivity index (χ0n) is 7.81. The smallest absolute Gasteiger partial charge is 0.163 e. The van der Waals surface area contributed by atoms with Gasteiger partial charge in [0.1, 0.15) is 5.75 Å². The van der Waals surface area contributed by atoms with Gasteiger partial charge in [0, 0.05) is 0 Å². The van der Waals surface area contributed by atoms with Gasteiger partial charge in [-0.3, -0.25) is 4.79 Å². The Morgan fingerprint density at radius 2 is 2.00 bits per heavy atom. The lowest BCUT2D eigenvalue weighted by Gasteiger charge is -2.08. The lowest BCUT2D eigenvalue weighted by Crippen LogP contribution is -1.96. The summed E-state index contributed by atoms with van der Waals surface area (Å²) in [5.74, 6) is -0.292. The second-order valence-electron chi connectivity index (χ2n) is 3.08. The highest BCUT2D eigenvalue weighted by Crippen LogP contribution is 2.32. The zero-order chi connectivity index (χ0) is 10.2. The third-order valence-electron chi connectivity index (χ3n) is 2.12. The molecule has 0 atom stereocenters. The van der Waals surface area contributed by atoms with E-state index in [1.165, 1.54) is 6.92 Å². The molecule has 2 nitrogen and oxygen atoms in total. The maximum atomic E-state index is 11.1. The van der Waals surface area contributed by atoms with Crippen molar-refractivity contribution in [2.24, 2.45) is 0 Å². The van der Waals surface area contributed by atoms with Gasteiger partial charge < -0.3 is 5.11 Å². The largest absolute Gasteiger partial charge is 0.506 e. The molecular weight excluding hydrogens is 188 g/mol. The first-order valence-corrected chi connectivity index (χ1v) is 4.32. The lowest BCUT2D eigenvalue weighted by atomic mass is 10.0. The Morgan fingerprint density at radius 3 is 2.46 bits per heavy atom. The van der Waals surface area contributed by atoms with Gasteiger partial charge in [0.05, 0.1) is 10.6 Å². The average molecular weight is 199 g/mol. The maximum absolute atomic E-state index is 11.1. The second-order valence-corrected chi connectivity index (χ2v) is 3.46. The van der Waals surface area contributed by atoms with Crippen molar-refractivity contribution in [1.82, 2.24) is 0 Å². The molecule has 0 fully saturated rings. The molecule has 3 heteroatoms. The Bertz CT molecular complexity index is 370. The molecule has 0 saturated carbocycles. The molecule has 0 aromatic heterocycles. The molecule has 1 N–H and O–H groups in total. The first-order chi connectivity index (χ1) is 5.95. The van der Waals surface area contributed by atoms with Crippen LogP contribution in [0.5, 0.6) is 5.75 Å². The minimum Gasteiger partial charge on any atom is -0.506 e. The predicted molar refractivity (Wildman–Crippen MR) is 52.6 cm³/mol. The van der Waals surface area contributed by atoms with E-state index in [0.29, 0.717) is 0 Å². The number of hydrogen-bond acceptors (Lipinski definition) is 2. The topological polar surface area (TPSA) is 37.3 Å². The lowest BCUT2D eigenvalue weighted by molar-refractivity contribution is 0.101. The fourth-order valence-corrected chi connectivity index (χ4v) is 1.38.